The molecule has 2 N–H and O–H groups in total. The van der Waals surface area contributed by atoms with E-state index in [4.69, 9.17) is 11.6 Å². The van der Waals surface area contributed by atoms with Gasteiger partial charge in [-0.05, 0) is 48.9 Å². The van der Waals surface area contributed by atoms with Gasteiger partial charge in [0, 0.05) is 11.1 Å². The molecule has 2 heterocycles. The Kier molecular flexibility index (Phi) is 5.16. The Hall–Kier alpha value is -1.92. The Morgan fingerprint density at radius 3 is 2.83 bits per heavy atom. The molecule has 1 aliphatic rings. The van der Waals surface area contributed by atoms with Crippen LogP contribution in [0.2, 0.25) is 5.15 Å². The predicted octanol–water partition coefficient (Wildman–Crippen LogP) is 3.39. The molecule has 126 valence electrons. The van der Waals surface area contributed by atoms with E-state index in [9.17, 15) is 9.59 Å². The highest BCUT2D eigenvalue weighted by atomic mass is 35.5. The first-order chi connectivity index (χ1) is 11.6. The van der Waals surface area contributed by atoms with Crippen molar-refractivity contribution in [3.63, 3.8) is 0 Å². The van der Waals surface area contributed by atoms with Crippen molar-refractivity contribution >= 4 is 34.8 Å². The first kappa shape index (κ1) is 16.9. The number of aryl methyl sites for hydroxylation is 1. The third-order valence-corrected chi connectivity index (χ3v) is 5.72. The fraction of sp³-hybridized carbons (Fsp3) is 0.353. The molecule has 0 saturated carbocycles. The van der Waals surface area contributed by atoms with Gasteiger partial charge >= 0.3 is 0 Å². The molecule has 1 aliphatic carbocycles. The zero-order valence-corrected chi connectivity index (χ0v) is 14.8. The molecular formula is C17H18ClN3O2S. The van der Waals surface area contributed by atoms with Crippen molar-refractivity contribution in [1.82, 2.24) is 15.8 Å². The Labute approximate surface area is 149 Å². The van der Waals surface area contributed by atoms with E-state index in [-0.39, 0.29) is 5.91 Å². The number of thiophene rings is 1. The van der Waals surface area contributed by atoms with E-state index in [1.807, 2.05) is 6.07 Å². The van der Waals surface area contributed by atoms with E-state index in [0.717, 1.165) is 12.8 Å². The predicted molar refractivity (Wildman–Crippen MR) is 94.3 cm³/mol. The fourth-order valence-electron chi connectivity index (χ4n) is 2.82. The summed E-state index contributed by atoms with van der Waals surface area (Å²) < 4.78 is 0. The van der Waals surface area contributed by atoms with Gasteiger partial charge in [-0.3, -0.25) is 20.4 Å². The van der Waals surface area contributed by atoms with Gasteiger partial charge in [0.25, 0.3) is 11.8 Å². The second-order valence-electron chi connectivity index (χ2n) is 5.85. The van der Waals surface area contributed by atoms with E-state index in [1.165, 1.54) is 46.9 Å². The molecule has 24 heavy (non-hydrogen) atoms. The normalized spacial score (nSPS) is 16.3. The van der Waals surface area contributed by atoms with Crippen LogP contribution in [0, 0.1) is 5.92 Å². The maximum absolute atomic E-state index is 12.3. The second kappa shape index (κ2) is 7.32. The topological polar surface area (TPSA) is 71.1 Å². The van der Waals surface area contributed by atoms with Crippen molar-refractivity contribution < 1.29 is 9.59 Å². The molecule has 0 radical (unpaired) electrons. The molecule has 3 rings (SSSR count). The van der Waals surface area contributed by atoms with Crippen LogP contribution in [-0.4, -0.2) is 16.8 Å². The molecule has 7 heteroatoms. The molecule has 2 amide bonds. The number of aromatic nitrogens is 1. The van der Waals surface area contributed by atoms with Crippen LogP contribution >= 0.6 is 22.9 Å². The molecule has 1 atom stereocenters. The minimum atomic E-state index is -0.431. The van der Waals surface area contributed by atoms with Crippen molar-refractivity contribution in [3.05, 3.63) is 50.4 Å². The van der Waals surface area contributed by atoms with Crippen LogP contribution in [0.15, 0.2) is 24.4 Å². The number of nitrogens with one attached hydrogen (secondary N) is 2. The number of amides is 2. The summed E-state index contributed by atoms with van der Waals surface area (Å²) >= 11 is 7.20. The first-order valence-electron chi connectivity index (χ1n) is 7.90. The highest BCUT2D eigenvalue weighted by Gasteiger charge is 2.22. The summed E-state index contributed by atoms with van der Waals surface area (Å²) in [7, 11) is 0. The van der Waals surface area contributed by atoms with Crippen LogP contribution < -0.4 is 10.9 Å². The van der Waals surface area contributed by atoms with Gasteiger partial charge in [0.05, 0.1) is 10.4 Å². The van der Waals surface area contributed by atoms with Crippen LogP contribution in [0.5, 0.6) is 0 Å². The molecule has 0 unspecified atom stereocenters. The van der Waals surface area contributed by atoms with Gasteiger partial charge < -0.3 is 0 Å². The lowest BCUT2D eigenvalue weighted by Crippen LogP contribution is -2.41. The number of fused-ring (bicyclic) bond motifs is 1. The Morgan fingerprint density at radius 1 is 1.33 bits per heavy atom. The van der Waals surface area contributed by atoms with Crippen LogP contribution in [0.25, 0.3) is 0 Å². The maximum atomic E-state index is 12.3. The van der Waals surface area contributed by atoms with E-state index >= 15 is 0 Å². The second-order valence-corrected chi connectivity index (χ2v) is 7.38. The Balaban J connectivity index is 1.60. The van der Waals surface area contributed by atoms with Gasteiger partial charge in [0.2, 0.25) is 0 Å². The highest BCUT2D eigenvalue weighted by molar-refractivity contribution is 7.14. The van der Waals surface area contributed by atoms with Crippen LogP contribution in [0.1, 0.15) is 50.2 Å². The van der Waals surface area contributed by atoms with Crippen molar-refractivity contribution in [2.24, 2.45) is 5.92 Å². The number of halogens is 1. The van der Waals surface area contributed by atoms with Crippen LogP contribution in [0.4, 0.5) is 0 Å². The van der Waals surface area contributed by atoms with Crippen molar-refractivity contribution in [3.8, 4) is 0 Å². The number of carbonyl (C=O) groups excluding carboxylic acids is 2. The average molecular weight is 364 g/mol. The summed E-state index contributed by atoms with van der Waals surface area (Å²) in [6.45, 7) is 2.21. The fourth-order valence-corrected chi connectivity index (χ4v) is 4.03. The lowest BCUT2D eigenvalue weighted by Gasteiger charge is -2.19. The smallest absolute Gasteiger partial charge is 0.267 e. The van der Waals surface area contributed by atoms with Crippen molar-refractivity contribution in [2.45, 2.75) is 32.6 Å². The lowest BCUT2D eigenvalue weighted by molar-refractivity contribution is 0.0848. The van der Waals surface area contributed by atoms with Crippen molar-refractivity contribution in [1.29, 1.82) is 0 Å². The van der Waals surface area contributed by atoms with Gasteiger partial charge in [-0.15, -0.1) is 11.3 Å². The van der Waals surface area contributed by atoms with Gasteiger partial charge in [-0.1, -0.05) is 24.9 Å². The molecule has 0 fully saturated rings. The molecular weight excluding hydrogens is 346 g/mol. The van der Waals surface area contributed by atoms with Gasteiger partial charge in [-0.25, -0.2) is 4.98 Å². The summed E-state index contributed by atoms with van der Waals surface area (Å²) in [5.41, 5.74) is 6.46. The molecule has 0 spiro atoms. The first-order valence-corrected chi connectivity index (χ1v) is 9.10. The minimum absolute atomic E-state index is 0.294. The standard InChI is InChI=1S/C17H18ClN3O2S/c1-2-10-3-5-13-12(7-10)8-14(24-13)17(23)21-20-16(22)11-4-6-15(18)19-9-11/h4,6,8-10H,2-3,5,7H2,1H3,(H,20,22)(H,21,23)/t10-/m1/s1. The van der Waals surface area contributed by atoms with E-state index in [0.29, 0.717) is 21.5 Å². The third-order valence-electron chi connectivity index (χ3n) is 4.27. The quantitative estimate of drug-likeness (QED) is 0.648. The molecule has 0 saturated heterocycles. The number of hydrogen-bond donors (Lipinski definition) is 2. The van der Waals surface area contributed by atoms with Gasteiger partial charge in [-0.2, -0.15) is 0 Å². The Bertz CT molecular complexity index is 758. The van der Waals surface area contributed by atoms with E-state index < -0.39 is 5.91 Å². The van der Waals surface area contributed by atoms with Crippen molar-refractivity contribution in [2.75, 3.05) is 0 Å². The number of rotatable bonds is 3. The minimum Gasteiger partial charge on any atom is -0.267 e. The monoisotopic (exact) mass is 363 g/mol. The summed E-state index contributed by atoms with van der Waals surface area (Å²) in [4.78, 5) is 30.0. The SMILES string of the molecule is CC[C@@H]1CCc2sc(C(=O)NNC(=O)c3ccc(Cl)nc3)cc2C1. The zero-order valence-electron chi connectivity index (χ0n) is 13.3. The third kappa shape index (κ3) is 3.76. The summed E-state index contributed by atoms with van der Waals surface area (Å²) in [5, 5.41) is 0.310. The average Bonchev–Trinajstić information content (AvgIpc) is 3.03. The summed E-state index contributed by atoms with van der Waals surface area (Å²) in [6.07, 6.45) is 5.79. The molecule has 2 aromatic rings. The molecule has 2 aromatic heterocycles. The lowest BCUT2D eigenvalue weighted by atomic mass is 9.87. The number of nitrogens with zero attached hydrogens (tertiary/aromatic N) is 1. The number of pyridine rings is 1. The van der Waals surface area contributed by atoms with Gasteiger partial charge in [0.15, 0.2) is 0 Å². The van der Waals surface area contributed by atoms with Gasteiger partial charge in [0.1, 0.15) is 5.15 Å². The van der Waals surface area contributed by atoms with Crippen LogP contribution in [0.3, 0.4) is 0 Å². The highest BCUT2D eigenvalue weighted by Crippen LogP contribution is 2.33. The van der Waals surface area contributed by atoms with Crippen LogP contribution in [-0.2, 0) is 12.8 Å². The number of hydrazine groups is 1. The summed E-state index contributed by atoms with van der Waals surface area (Å²) in [5.74, 6) is -0.0160. The van der Waals surface area contributed by atoms with E-state index in [1.54, 1.807) is 6.07 Å². The molecule has 0 bridgehead atoms. The summed E-state index contributed by atoms with van der Waals surface area (Å²) in [6, 6.07) is 5.02. The molecule has 0 aromatic carbocycles. The maximum Gasteiger partial charge on any atom is 0.279 e. The Morgan fingerprint density at radius 2 is 2.12 bits per heavy atom. The largest absolute Gasteiger partial charge is 0.279 e. The van der Waals surface area contributed by atoms with E-state index in [2.05, 4.69) is 22.8 Å². The molecule has 5 nitrogen and oxygen atoms in total. The zero-order chi connectivity index (χ0) is 17.1. The molecule has 0 aliphatic heterocycles. The number of carbonyl (C=O) groups is 2. The number of hydrogen-bond acceptors (Lipinski definition) is 4.